The smallest absolute Gasteiger partial charge is 0.251 e. The van der Waals surface area contributed by atoms with Crippen LogP contribution < -0.4 is 15.4 Å². The lowest BCUT2D eigenvalue weighted by molar-refractivity contribution is 0.0694. The Kier molecular flexibility index (Phi) is 6.80. The molecule has 0 spiro atoms. The number of nitrogens with one attached hydrogen (secondary N) is 2. The van der Waals surface area contributed by atoms with Crippen molar-refractivity contribution in [2.24, 2.45) is 7.05 Å². The van der Waals surface area contributed by atoms with Gasteiger partial charge in [-0.2, -0.15) is 10.2 Å². The van der Waals surface area contributed by atoms with E-state index in [9.17, 15) is 9.90 Å². The molecule has 0 unspecified atom stereocenters. The fourth-order valence-electron chi connectivity index (χ4n) is 4.41. The molecule has 1 amide bonds. The summed E-state index contributed by atoms with van der Waals surface area (Å²) in [6.45, 7) is 7.00. The van der Waals surface area contributed by atoms with Gasteiger partial charge in [-0.25, -0.2) is 9.50 Å². The van der Waals surface area contributed by atoms with Crippen LogP contribution in [0.4, 0.5) is 11.6 Å². The van der Waals surface area contributed by atoms with Crippen molar-refractivity contribution in [2.45, 2.75) is 38.8 Å². The summed E-state index contributed by atoms with van der Waals surface area (Å²) >= 11 is 0. The van der Waals surface area contributed by atoms with E-state index in [-0.39, 0.29) is 12.5 Å². The Labute approximate surface area is 221 Å². The molecule has 0 aliphatic carbocycles. The molecule has 11 heteroatoms. The van der Waals surface area contributed by atoms with E-state index < -0.39 is 5.60 Å². The number of hydrogen-bond acceptors (Lipinski definition) is 8. The summed E-state index contributed by atoms with van der Waals surface area (Å²) in [5.74, 6) is 1.58. The van der Waals surface area contributed by atoms with Crippen molar-refractivity contribution < 1.29 is 14.6 Å². The molecule has 1 saturated heterocycles. The molecule has 11 nitrogen and oxygen atoms in total. The van der Waals surface area contributed by atoms with Gasteiger partial charge in [0.25, 0.3) is 5.91 Å². The number of anilines is 2. The van der Waals surface area contributed by atoms with E-state index in [1.807, 2.05) is 43.0 Å². The van der Waals surface area contributed by atoms with Crippen LogP contribution in [-0.4, -0.2) is 78.7 Å². The Morgan fingerprint density at radius 3 is 2.74 bits per heavy atom. The van der Waals surface area contributed by atoms with Crippen molar-refractivity contribution in [1.82, 2.24) is 34.6 Å². The van der Waals surface area contributed by atoms with Crippen LogP contribution in [0, 0.1) is 6.92 Å². The largest absolute Gasteiger partial charge is 0.488 e. The molecule has 0 saturated carbocycles. The fourth-order valence-corrected chi connectivity index (χ4v) is 4.41. The molecular weight excluding hydrogens is 484 g/mol. The van der Waals surface area contributed by atoms with Gasteiger partial charge in [-0.3, -0.25) is 14.4 Å². The minimum Gasteiger partial charge on any atom is -0.488 e. The number of aliphatic hydroxyl groups is 1. The lowest BCUT2D eigenvalue weighted by Gasteiger charge is -2.37. The number of fused-ring (bicyclic) bond motifs is 1. The average Bonchev–Trinajstić information content (AvgIpc) is 3.42. The molecule has 1 fully saturated rings. The van der Waals surface area contributed by atoms with E-state index in [0.29, 0.717) is 35.5 Å². The predicted molar refractivity (Wildman–Crippen MR) is 145 cm³/mol. The number of ether oxygens (including phenoxy) is 1. The topological polar surface area (TPSA) is 122 Å². The lowest BCUT2D eigenvalue weighted by atomic mass is 10.1. The van der Waals surface area contributed by atoms with E-state index >= 15 is 0 Å². The van der Waals surface area contributed by atoms with Crippen molar-refractivity contribution in [2.75, 3.05) is 32.1 Å². The summed E-state index contributed by atoms with van der Waals surface area (Å²) in [7, 11) is 4.02. The first-order valence-electron chi connectivity index (χ1n) is 12.7. The molecule has 1 aliphatic rings. The molecule has 3 N–H and O–H groups in total. The van der Waals surface area contributed by atoms with Gasteiger partial charge in [0, 0.05) is 48.7 Å². The number of likely N-dealkylation sites (N-methyl/N-ethyl adjacent to an activating group) is 1. The lowest BCUT2D eigenvalue weighted by Crippen LogP contribution is -2.48. The van der Waals surface area contributed by atoms with Crippen molar-refractivity contribution >= 4 is 23.1 Å². The third-order valence-electron chi connectivity index (χ3n) is 6.66. The van der Waals surface area contributed by atoms with Crippen molar-refractivity contribution in [1.29, 1.82) is 0 Å². The minimum atomic E-state index is -0.996. The maximum Gasteiger partial charge on any atom is 0.251 e. The second-order valence-electron chi connectivity index (χ2n) is 10.5. The maximum absolute atomic E-state index is 12.6. The molecule has 200 valence electrons. The van der Waals surface area contributed by atoms with Gasteiger partial charge in [0.1, 0.15) is 18.1 Å². The van der Waals surface area contributed by atoms with Gasteiger partial charge in [0.2, 0.25) is 0 Å². The second-order valence-corrected chi connectivity index (χ2v) is 10.5. The predicted octanol–water partition coefficient (Wildman–Crippen LogP) is 2.77. The van der Waals surface area contributed by atoms with E-state index in [0.717, 1.165) is 35.5 Å². The molecule has 4 aromatic rings. The summed E-state index contributed by atoms with van der Waals surface area (Å²) in [5.41, 5.74) is 2.90. The first kappa shape index (κ1) is 25.7. The van der Waals surface area contributed by atoms with Crippen LogP contribution in [0.3, 0.4) is 0 Å². The molecular formula is C27H34N8O3. The second kappa shape index (κ2) is 10.1. The summed E-state index contributed by atoms with van der Waals surface area (Å²) in [6, 6.07) is 9.76. The number of hydrogen-bond donors (Lipinski definition) is 3. The highest BCUT2D eigenvalue weighted by molar-refractivity contribution is 5.95. The van der Waals surface area contributed by atoms with Crippen molar-refractivity contribution in [3.05, 3.63) is 54.0 Å². The summed E-state index contributed by atoms with van der Waals surface area (Å²) in [5, 5.41) is 24.9. The monoisotopic (exact) mass is 518 g/mol. The van der Waals surface area contributed by atoms with Gasteiger partial charge in [-0.05, 0) is 65.0 Å². The zero-order valence-electron chi connectivity index (χ0n) is 22.4. The van der Waals surface area contributed by atoms with Gasteiger partial charge in [0.15, 0.2) is 11.6 Å². The zero-order chi connectivity index (χ0) is 27.0. The quantitative estimate of drug-likeness (QED) is 0.309. The van der Waals surface area contributed by atoms with Crippen LogP contribution in [0.15, 0.2) is 42.7 Å². The first-order chi connectivity index (χ1) is 18.1. The average molecular weight is 519 g/mol. The number of pyridine rings is 2. The minimum absolute atomic E-state index is 0.145. The molecule has 1 atom stereocenters. The third-order valence-corrected chi connectivity index (χ3v) is 6.66. The van der Waals surface area contributed by atoms with Crippen LogP contribution in [0.1, 0.15) is 36.3 Å². The summed E-state index contributed by atoms with van der Waals surface area (Å²) < 4.78 is 9.74. The highest BCUT2D eigenvalue weighted by atomic mass is 16.5. The highest BCUT2D eigenvalue weighted by Crippen LogP contribution is 2.31. The standard InChI is InChI=1S/C27H34N8O3/c1-17-10-19(26(36)28-16-27(2,3)37)12-23(30-17)31-24-13-21-11-18(6-9-35(21)32-24)25-22(14-29-34(25)5)38-15-20-7-8-33(20)4/h6,9-14,20,37H,7-8,15-16H2,1-5H3,(H,28,36)(H,30,31,32)/t20-/m1/s1. The van der Waals surface area contributed by atoms with Crippen LogP contribution in [-0.2, 0) is 7.05 Å². The SMILES string of the molecule is Cc1cc(C(=O)NCC(C)(C)O)cc(Nc2cc3cc(-c4c(OC[C@H]5CCN5C)cnn4C)ccn3n2)n1. The van der Waals surface area contributed by atoms with E-state index in [1.54, 1.807) is 36.7 Å². The van der Waals surface area contributed by atoms with Gasteiger partial charge in [0.05, 0.1) is 17.3 Å². The van der Waals surface area contributed by atoms with Crippen LogP contribution >= 0.6 is 0 Å². The first-order valence-corrected chi connectivity index (χ1v) is 12.7. The highest BCUT2D eigenvalue weighted by Gasteiger charge is 2.25. The van der Waals surface area contributed by atoms with Crippen LogP contribution in [0.5, 0.6) is 5.75 Å². The summed E-state index contributed by atoms with van der Waals surface area (Å²) in [6.07, 6.45) is 4.80. The zero-order valence-corrected chi connectivity index (χ0v) is 22.4. The van der Waals surface area contributed by atoms with Gasteiger partial charge < -0.3 is 20.5 Å². The Morgan fingerprint density at radius 2 is 2.03 bits per heavy atom. The van der Waals surface area contributed by atoms with Crippen LogP contribution in [0.2, 0.25) is 0 Å². The number of aromatic nitrogens is 5. The van der Waals surface area contributed by atoms with E-state index in [1.165, 1.54) is 0 Å². The van der Waals surface area contributed by atoms with Crippen LogP contribution in [0.25, 0.3) is 16.8 Å². The molecule has 38 heavy (non-hydrogen) atoms. The number of carbonyl (C=O) groups excluding carboxylic acids is 1. The number of aryl methyl sites for hydroxylation is 2. The molecule has 5 rings (SSSR count). The Balaban J connectivity index is 1.34. The number of rotatable bonds is 9. The normalized spacial score (nSPS) is 15.9. The molecule has 0 radical (unpaired) electrons. The number of likely N-dealkylation sites (tertiary alicyclic amines) is 1. The Morgan fingerprint density at radius 1 is 1.21 bits per heavy atom. The Hall–Kier alpha value is -3.96. The fraction of sp³-hybridized carbons (Fsp3) is 0.407. The van der Waals surface area contributed by atoms with Gasteiger partial charge in [-0.15, -0.1) is 0 Å². The van der Waals surface area contributed by atoms with Crippen molar-refractivity contribution in [3.63, 3.8) is 0 Å². The number of nitrogens with zero attached hydrogens (tertiary/aromatic N) is 6. The molecule has 4 aromatic heterocycles. The molecule has 0 aromatic carbocycles. The molecule has 0 bridgehead atoms. The molecule has 1 aliphatic heterocycles. The molecule has 5 heterocycles. The van der Waals surface area contributed by atoms with Gasteiger partial charge in [-0.1, -0.05) is 0 Å². The number of carbonyl (C=O) groups is 1. The maximum atomic E-state index is 12.6. The van der Waals surface area contributed by atoms with Gasteiger partial charge >= 0.3 is 0 Å². The Bertz CT molecular complexity index is 1470. The third kappa shape index (κ3) is 5.63. The summed E-state index contributed by atoms with van der Waals surface area (Å²) in [4.78, 5) is 19.4. The number of amides is 1. The van der Waals surface area contributed by atoms with E-state index in [4.69, 9.17) is 4.74 Å². The van der Waals surface area contributed by atoms with E-state index in [2.05, 4.69) is 37.8 Å². The van der Waals surface area contributed by atoms with Crippen molar-refractivity contribution in [3.8, 4) is 17.0 Å².